The lowest BCUT2D eigenvalue weighted by molar-refractivity contribution is -0.124. The molecule has 0 aliphatic carbocycles. The summed E-state index contributed by atoms with van der Waals surface area (Å²) in [4.78, 5) is 11.8. The molecule has 2 N–H and O–H groups in total. The Bertz CT molecular complexity index is 362. The van der Waals surface area contributed by atoms with Crippen LogP contribution in [0.5, 0.6) is 0 Å². The van der Waals surface area contributed by atoms with E-state index < -0.39 is 0 Å². The quantitative estimate of drug-likeness (QED) is 0.757. The van der Waals surface area contributed by atoms with Crippen molar-refractivity contribution >= 4 is 5.91 Å². The van der Waals surface area contributed by atoms with Crippen LogP contribution in [0.25, 0.3) is 0 Å². The normalized spacial score (nSPS) is 13.8. The van der Waals surface area contributed by atoms with Gasteiger partial charge in [0.25, 0.3) is 0 Å². The first-order valence-corrected chi connectivity index (χ1v) is 7.09. The average molecular weight is 263 g/mol. The average Bonchev–Trinajstić information content (AvgIpc) is 2.39. The van der Waals surface area contributed by atoms with Gasteiger partial charge in [0.1, 0.15) is 0 Å². The fourth-order valence-corrected chi connectivity index (χ4v) is 1.97. The van der Waals surface area contributed by atoms with Crippen LogP contribution in [-0.2, 0) is 11.2 Å². The molecule has 0 saturated carbocycles. The van der Waals surface area contributed by atoms with E-state index in [1.54, 1.807) is 6.92 Å². The van der Waals surface area contributed by atoms with Crippen molar-refractivity contribution in [2.45, 2.75) is 45.6 Å². The van der Waals surface area contributed by atoms with E-state index in [0.29, 0.717) is 13.0 Å². The van der Waals surface area contributed by atoms with E-state index in [2.05, 4.69) is 17.4 Å². The highest BCUT2D eigenvalue weighted by Gasteiger charge is 2.12. The van der Waals surface area contributed by atoms with Crippen molar-refractivity contribution in [2.75, 3.05) is 6.54 Å². The van der Waals surface area contributed by atoms with Gasteiger partial charge in [-0.15, -0.1) is 0 Å². The maximum absolute atomic E-state index is 11.8. The molecule has 3 heteroatoms. The molecule has 1 amide bonds. The Morgan fingerprint density at radius 2 is 1.89 bits per heavy atom. The number of carbonyl (C=O) groups excluding carboxylic acids is 1. The third-order valence-electron chi connectivity index (χ3n) is 3.25. The van der Waals surface area contributed by atoms with Crippen LogP contribution < -0.4 is 5.32 Å². The second kappa shape index (κ2) is 8.70. The fourth-order valence-electron chi connectivity index (χ4n) is 1.97. The molecule has 0 fully saturated rings. The molecular weight excluding hydrogens is 238 g/mol. The largest absolute Gasteiger partial charge is 0.393 e. The molecule has 0 radical (unpaired) electrons. The lowest BCUT2D eigenvalue weighted by Gasteiger charge is -2.12. The lowest BCUT2D eigenvalue weighted by atomic mass is 10.0. The van der Waals surface area contributed by atoms with Gasteiger partial charge in [-0.25, -0.2) is 0 Å². The number of aliphatic hydroxyl groups is 1. The molecule has 0 heterocycles. The highest BCUT2D eigenvalue weighted by Crippen LogP contribution is 2.10. The number of aryl methyl sites for hydroxylation is 1. The van der Waals surface area contributed by atoms with Crippen LogP contribution in [0, 0.1) is 5.92 Å². The zero-order valence-corrected chi connectivity index (χ0v) is 11.9. The van der Waals surface area contributed by atoms with E-state index in [0.717, 1.165) is 19.3 Å². The highest BCUT2D eigenvalue weighted by molar-refractivity contribution is 5.78. The lowest BCUT2D eigenvalue weighted by Crippen LogP contribution is -2.31. The minimum atomic E-state index is -0.353. The maximum atomic E-state index is 11.8. The van der Waals surface area contributed by atoms with Gasteiger partial charge in [0.15, 0.2) is 0 Å². The van der Waals surface area contributed by atoms with E-state index in [4.69, 9.17) is 5.11 Å². The summed E-state index contributed by atoms with van der Waals surface area (Å²) >= 11 is 0. The number of hydrogen-bond acceptors (Lipinski definition) is 2. The van der Waals surface area contributed by atoms with E-state index in [1.165, 1.54) is 5.56 Å². The smallest absolute Gasteiger partial charge is 0.222 e. The predicted octanol–water partition coefficient (Wildman–Crippen LogP) is 2.53. The van der Waals surface area contributed by atoms with Crippen LogP contribution in [0.4, 0.5) is 0 Å². The van der Waals surface area contributed by atoms with Crippen LogP contribution in [0.15, 0.2) is 30.3 Å². The monoisotopic (exact) mass is 263 g/mol. The standard InChI is InChI=1S/C16H25NO2/c1-13(16(19)17-12-11-14(2)18)7-6-10-15-8-4-3-5-9-15/h3-5,8-9,13-14,18H,6-7,10-12H2,1-2H3,(H,17,19). The molecule has 0 aliphatic heterocycles. The van der Waals surface area contributed by atoms with Gasteiger partial charge in [-0.2, -0.15) is 0 Å². The molecule has 2 atom stereocenters. The van der Waals surface area contributed by atoms with Gasteiger partial charge >= 0.3 is 0 Å². The molecule has 0 bridgehead atoms. The van der Waals surface area contributed by atoms with E-state index in [9.17, 15) is 4.79 Å². The summed E-state index contributed by atoms with van der Waals surface area (Å²) in [5.41, 5.74) is 1.32. The van der Waals surface area contributed by atoms with Gasteiger partial charge in [0.05, 0.1) is 6.10 Å². The maximum Gasteiger partial charge on any atom is 0.222 e. The molecule has 1 aromatic rings. The summed E-state index contributed by atoms with van der Waals surface area (Å²) in [6.45, 7) is 4.25. The van der Waals surface area contributed by atoms with Crippen molar-refractivity contribution in [3.8, 4) is 0 Å². The molecule has 1 rings (SSSR count). The number of nitrogens with one attached hydrogen (secondary N) is 1. The summed E-state index contributed by atoms with van der Waals surface area (Å²) in [5, 5.41) is 12.0. The summed E-state index contributed by atoms with van der Waals surface area (Å²) in [6.07, 6.45) is 3.20. The van der Waals surface area contributed by atoms with Crippen molar-refractivity contribution in [1.82, 2.24) is 5.32 Å². The number of rotatable bonds is 8. The third kappa shape index (κ3) is 6.97. The zero-order valence-electron chi connectivity index (χ0n) is 11.9. The van der Waals surface area contributed by atoms with Crippen LogP contribution in [0.1, 0.15) is 38.7 Å². The minimum Gasteiger partial charge on any atom is -0.393 e. The Hall–Kier alpha value is -1.35. The van der Waals surface area contributed by atoms with Crippen molar-refractivity contribution in [3.05, 3.63) is 35.9 Å². The molecule has 0 aliphatic rings. The predicted molar refractivity (Wildman–Crippen MR) is 77.9 cm³/mol. The number of hydrogen-bond donors (Lipinski definition) is 2. The second-order valence-electron chi connectivity index (χ2n) is 5.21. The van der Waals surface area contributed by atoms with E-state index >= 15 is 0 Å². The van der Waals surface area contributed by atoms with Crippen molar-refractivity contribution in [3.63, 3.8) is 0 Å². The Morgan fingerprint density at radius 3 is 2.53 bits per heavy atom. The summed E-state index contributed by atoms with van der Waals surface area (Å²) in [6, 6.07) is 10.3. The first-order chi connectivity index (χ1) is 9.09. The van der Waals surface area contributed by atoms with Gasteiger partial charge in [0, 0.05) is 12.5 Å². The molecule has 2 unspecified atom stereocenters. The number of aliphatic hydroxyl groups excluding tert-OH is 1. The first kappa shape index (κ1) is 15.7. The van der Waals surface area contributed by atoms with Crippen LogP contribution in [0.2, 0.25) is 0 Å². The Labute approximate surface area is 116 Å². The van der Waals surface area contributed by atoms with Gasteiger partial charge in [-0.05, 0) is 38.2 Å². The zero-order chi connectivity index (χ0) is 14.1. The van der Waals surface area contributed by atoms with Crippen molar-refractivity contribution < 1.29 is 9.90 Å². The molecule has 0 aromatic heterocycles. The highest BCUT2D eigenvalue weighted by atomic mass is 16.3. The van der Waals surface area contributed by atoms with Crippen LogP contribution >= 0.6 is 0 Å². The van der Waals surface area contributed by atoms with Gasteiger partial charge in [-0.3, -0.25) is 4.79 Å². The van der Waals surface area contributed by atoms with Gasteiger partial charge < -0.3 is 10.4 Å². The van der Waals surface area contributed by atoms with Crippen LogP contribution in [-0.4, -0.2) is 23.7 Å². The SMILES string of the molecule is CC(O)CCNC(=O)C(C)CCCc1ccccc1. The molecule has 19 heavy (non-hydrogen) atoms. The molecule has 0 saturated heterocycles. The Morgan fingerprint density at radius 1 is 1.21 bits per heavy atom. The summed E-state index contributed by atoms with van der Waals surface area (Å²) in [5.74, 6) is 0.131. The first-order valence-electron chi connectivity index (χ1n) is 7.09. The Balaban J connectivity index is 2.16. The summed E-state index contributed by atoms with van der Waals surface area (Å²) < 4.78 is 0. The topological polar surface area (TPSA) is 49.3 Å². The number of benzene rings is 1. The van der Waals surface area contributed by atoms with E-state index in [-0.39, 0.29) is 17.9 Å². The molecular formula is C16H25NO2. The van der Waals surface area contributed by atoms with Gasteiger partial charge in [-0.1, -0.05) is 37.3 Å². The molecule has 0 spiro atoms. The fraction of sp³-hybridized carbons (Fsp3) is 0.562. The third-order valence-corrected chi connectivity index (χ3v) is 3.25. The minimum absolute atomic E-state index is 0.0395. The molecule has 3 nitrogen and oxygen atoms in total. The molecule has 106 valence electrons. The van der Waals surface area contributed by atoms with Crippen molar-refractivity contribution in [1.29, 1.82) is 0 Å². The van der Waals surface area contributed by atoms with Gasteiger partial charge in [0.2, 0.25) is 5.91 Å². The van der Waals surface area contributed by atoms with E-state index in [1.807, 2.05) is 25.1 Å². The summed E-state index contributed by atoms with van der Waals surface area (Å²) in [7, 11) is 0. The molecule has 1 aromatic carbocycles. The second-order valence-corrected chi connectivity index (χ2v) is 5.21. The number of amides is 1. The van der Waals surface area contributed by atoms with Crippen LogP contribution in [0.3, 0.4) is 0 Å². The Kier molecular flexibility index (Phi) is 7.19. The number of carbonyl (C=O) groups is 1. The van der Waals surface area contributed by atoms with Crippen molar-refractivity contribution in [2.24, 2.45) is 5.92 Å².